The number of pyridine rings is 2. The van der Waals surface area contributed by atoms with Crippen LogP contribution in [0.5, 0.6) is 0 Å². The number of nitrogens with two attached hydrogens (primary N) is 1. The Kier molecular flexibility index (Phi) is 11.0. The molecule has 2 aromatic heterocycles. The number of carbonyl (C=O) groups is 1. The molecule has 2 fully saturated rings. The zero-order chi connectivity index (χ0) is 35.3. The number of hydrogen-bond donors (Lipinski definition) is 4. The number of anilines is 1. The molecule has 1 saturated heterocycles. The number of nitrogen functional groups attached to an aromatic ring is 1. The Morgan fingerprint density at radius 1 is 0.980 bits per heavy atom. The molecule has 0 bridgehead atoms. The van der Waals surface area contributed by atoms with E-state index in [4.69, 9.17) is 10.5 Å². The average molecular weight is 695 g/mol. The number of rotatable bonds is 11. The summed E-state index contributed by atoms with van der Waals surface area (Å²) in [5, 5.41) is 22.1. The van der Waals surface area contributed by atoms with E-state index in [1.165, 1.54) is 41.1 Å². The molecule has 1 aliphatic heterocycles. The van der Waals surface area contributed by atoms with Crippen LogP contribution in [0.25, 0.3) is 22.3 Å². The predicted octanol–water partition coefficient (Wildman–Crippen LogP) is 4.75. The predicted molar refractivity (Wildman–Crippen MR) is 194 cm³/mol. The quantitative estimate of drug-likeness (QED) is 0.164. The highest BCUT2D eigenvalue weighted by Gasteiger charge is 2.31. The molecular weight excluding hydrogens is 647 g/mol. The maximum absolute atomic E-state index is 14.3. The lowest BCUT2D eigenvalue weighted by atomic mass is 9.84. The number of aromatic nitrogens is 2. The van der Waals surface area contributed by atoms with Gasteiger partial charge in [-0.25, -0.2) is 9.97 Å². The average Bonchev–Trinajstić information content (AvgIpc) is 3.61. The van der Waals surface area contributed by atoms with E-state index in [0.29, 0.717) is 24.8 Å². The van der Waals surface area contributed by atoms with Gasteiger partial charge in [-0.2, -0.15) is 4.39 Å². The third kappa shape index (κ3) is 8.13. The molecule has 1 saturated carbocycles. The lowest BCUT2D eigenvalue weighted by molar-refractivity contribution is 0.0272. The number of ether oxygens (including phenoxy) is 1. The number of nitrogens with one attached hydrogen (secondary N) is 1. The molecule has 3 heterocycles. The minimum Gasteiger partial charge on any atom is -0.394 e. The Hall–Kier alpha value is -4.26. The SMILES string of the molecule is Nc1ncc(-c2cccnc2F)cc1C(=O)NC1CCCC1OCc1ccc(-c2ccc3c(c2)CCCC3N2CCN(CC(O)CO)CC2)cc1. The molecule has 4 aromatic rings. The third-order valence-electron chi connectivity index (χ3n) is 10.7. The monoisotopic (exact) mass is 694 g/mol. The number of β-amino-alcohol motifs (C(OH)–C–C–N with tert-alkyl or cyclic N) is 1. The Morgan fingerprint density at radius 3 is 2.57 bits per heavy atom. The van der Waals surface area contributed by atoms with E-state index >= 15 is 0 Å². The first-order valence-electron chi connectivity index (χ1n) is 18.1. The van der Waals surface area contributed by atoms with E-state index in [1.54, 1.807) is 18.2 Å². The summed E-state index contributed by atoms with van der Waals surface area (Å²) in [4.78, 5) is 26.0. The van der Waals surface area contributed by atoms with Gasteiger partial charge < -0.3 is 26.0 Å². The van der Waals surface area contributed by atoms with Crippen LogP contribution in [0.1, 0.15) is 65.2 Å². The number of hydrogen-bond acceptors (Lipinski definition) is 9. The summed E-state index contributed by atoms with van der Waals surface area (Å²) in [6.45, 7) is 4.53. The van der Waals surface area contributed by atoms with Crippen molar-refractivity contribution < 1.29 is 24.1 Å². The maximum atomic E-state index is 14.3. The fraction of sp³-hybridized carbons (Fsp3) is 0.425. The van der Waals surface area contributed by atoms with Crippen molar-refractivity contribution in [2.24, 2.45) is 0 Å². The molecule has 2 aromatic carbocycles. The number of benzene rings is 2. The molecule has 4 unspecified atom stereocenters. The molecule has 2 aliphatic carbocycles. The molecule has 5 N–H and O–H groups in total. The highest BCUT2D eigenvalue weighted by Crippen LogP contribution is 2.37. The lowest BCUT2D eigenvalue weighted by Gasteiger charge is -2.42. The first kappa shape index (κ1) is 35.2. The molecule has 1 amide bonds. The maximum Gasteiger partial charge on any atom is 0.255 e. The smallest absolute Gasteiger partial charge is 0.255 e. The van der Waals surface area contributed by atoms with E-state index in [1.807, 2.05) is 0 Å². The topological polar surface area (TPSA) is 137 Å². The Morgan fingerprint density at radius 2 is 1.78 bits per heavy atom. The number of halogens is 1. The second-order valence-electron chi connectivity index (χ2n) is 14.1. The molecule has 3 aliphatic rings. The number of aliphatic hydroxyl groups excluding tert-OH is 2. The molecule has 10 nitrogen and oxygen atoms in total. The summed E-state index contributed by atoms with van der Waals surface area (Å²) >= 11 is 0. The molecule has 4 atom stereocenters. The normalized spacial score (nSPS) is 21.7. The van der Waals surface area contributed by atoms with Crippen LogP contribution >= 0.6 is 0 Å². The molecule has 268 valence electrons. The van der Waals surface area contributed by atoms with Crippen molar-refractivity contribution in [3.63, 3.8) is 0 Å². The summed E-state index contributed by atoms with van der Waals surface area (Å²) < 4.78 is 20.6. The van der Waals surface area contributed by atoms with Crippen LogP contribution < -0.4 is 11.1 Å². The number of amides is 1. The molecule has 0 spiro atoms. The fourth-order valence-electron chi connectivity index (χ4n) is 7.90. The Balaban J connectivity index is 0.943. The minimum absolute atomic E-state index is 0.0846. The van der Waals surface area contributed by atoms with Crippen molar-refractivity contribution in [2.75, 3.05) is 45.1 Å². The van der Waals surface area contributed by atoms with E-state index in [9.17, 15) is 19.4 Å². The summed E-state index contributed by atoms with van der Waals surface area (Å²) in [7, 11) is 0. The largest absolute Gasteiger partial charge is 0.394 e. The van der Waals surface area contributed by atoms with Gasteiger partial charge in [0.15, 0.2) is 0 Å². The number of piperazine rings is 1. The van der Waals surface area contributed by atoms with Crippen molar-refractivity contribution in [1.29, 1.82) is 0 Å². The summed E-state index contributed by atoms with van der Waals surface area (Å²) in [5.74, 6) is -0.907. The second kappa shape index (κ2) is 16.0. The number of nitrogens with zero attached hydrogens (tertiary/aromatic N) is 4. The van der Waals surface area contributed by atoms with E-state index in [-0.39, 0.29) is 41.6 Å². The standard InChI is InChI=1S/C40H47FN6O4/c41-38-33(5-3-15-43-38)30-21-34(39(42)44-22-30)40(50)45-35-6-2-8-37(35)51-25-26-9-11-27(12-10-26)28-13-14-32-29(20-28)4-1-7-36(32)47-18-16-46(17-19-47)23-31(49)24-48/h3,5,9-15,20-22,31,35-37,48-49H,1-2,4,6-8,16-19,23-25H2,(H2,42,44)(H,45,50). The van der Waals surface area contributed by atoms with Crippen molar-refractivity contribution in [3.05, 3.63) is 101 Å². The van der Waals surface area contributed by atoms with Crippen molar-refractivity contribution in [2.45, 2.75) is 69.4 Å². The minimum atomic E-state index is -0.672. The second-order valence-corrected chi connectivity index (χ2v) is 14.1. The van der Waals surface area contributed by atoms with Gasteiger partial charge in [-0.3, -0.25) is 14.6 Å². The molecule has 0 radical (unpaired) electrons. The summed E-state index contributed by atoms with van der Waals surface area (Å²) in [5.41, 5.74) is 13.3. The van der Waals surface area contributed by atoms with Crippen LogP contribution in [0.15, 0.2) is 73.1 Å². The van der Waals surface area contributed by atoms with Gasteiger partial charge in [-0.05, 0) is 84.5 Å². The van der Waals surface area contributed by atoms with Crippen LogP contribution in [-0.2, 0) is 17.8 Å². The summed E-state index contributed by atoms with van der Waals surface area (Å²) in [6.07, 6.45) is 8.01. The van der Waals surface area contributed by atoms with E-state index in [2.05, 4.69) is 67.5 Å². The highest BCUT2D eigenvalue weighted by atomic mass is 19.1. The zero-order valence-corrected chi connectivity index (χ0v) is 28.9. The van der Waals surface area contributed by atoms with E-state index < -0.39 is 12.1 Å². The van der Waals surface area contributed by atoms with Crippen LogP contribution in [0.3, 0.4) is 0 Å². The van der Waals surface area contributed by atoms with Gasteiger partial charge in [0.1, 0.15) is 5.82 Å². The third-order valence-corrected chi connectivity index (χ3v) is 10.7. The van der Waals surface area contributed by atoms with Gasteiger partial charge in [-0.1, -0.05) is 42.5 Å². The van der Waals surface area contributed by atoms with Crippen LogP contribution in [0.4, 0.5) is 10.2 Å². The Labute approximate surface area is 298 Å². The molecule has 51 heavy (non-hydrogen) atoms. The van der Waals surface area contributed by atoms with Crippen molar-refractivity contribution in [1.82, 2.24) is 25.1 Å². The van der Waals surface area contributed by atoms with Crippen LogP contribution in [0, 0.1) is 5.95 Å². The molecule has 11 heteroatoms. The number of aliphatic hydroxyl groups is 2. The van der Waals surface area contributed by atoms with Gasteiger partial charge in [0.05, 0.1) is 37.0 Å². The number of fused-ring (bicyclic) bond motifs is 1. The van der Waals surface area contributed by atoms with Crippen molar-refractivity contribution in [3.8, 4) is 22.3 Å². The lowest BCUT2D eigenvalue weighted by Crippen LogP contribution is -2.50. The number of carbonyl (C=O) groups excluding carboxylic acids is 1. The highest BCUT2D eigenvalue weighted by molar-refractivity contribution is 5.99. The van der Waals surface area contributed by atoms with Gasteiger partial charge in [-0.15, -0.1) is 0 Å². The van der Waals surface area contributed by atoms with Crippen LogP contribution in [-0.4, -0.2) is 93.5 Å². The number of aryl methyl sites for hydroxylation is 1. The van der Waals surface area contributed by atoms with Gasteiger partial charge in [0.25, 0.3) is 5.91 Å². The van der Waals surface area contributed by atoms with E-state index in [0.717, 1.165) is 63.8 Å². The van der Waals surface area contributed by atoms with Crippen molar-refractivity contribution >= 4 is 11.7 Å². The molecule has 7 rings (SSSR count). The zero-order valence-electron chi connectivity index (χ0n) is 28.9. The fourth-order valence-corrected chi connectivity index (χ4v) is 7.90. The van der Waals surface area contributed by atoms with Gasteiger partial charge >= 0.3 is 0 Å². The first-order valence-corrected chi connectivity index (χ1v) is 18.1. The van der Waals surface area contributed by atoms with Gasteiger partial charge in [0.2, 0.25) is 5.95 Å². The van der Waals surface area contributed by atoms with Crippen LogP contribution in [0.2, 0.25) is 0 Å². The Bertz CT molecular complexity index is 1820. The molecular formula is C40H47FN6O4. The summed E-state index contributed by atoms with van der Waals surface area (Å²) in [6, 6.07) is 20.5. The van der Waals surface area contributed by atoms with Gasteiger partial charge in [0, 0.05) is 62.3 Å². The first-order chi connectivity index (χ1) is 24.9.